The highest BCUT2D eigenvalue weighted by Gasteiger charge is 2.17. The number of nitrogens with one attached hydrogen (secondary N) is 1. The third-order valence-corrected chi connectivity index (χ3v) is 3.50. The highest BCUT2D eigenvalue weighted by Crippen LogP contribution is 2.25. The molecule has 0 spiro atoms. The summed E-state index contributed by atoms with van der Waals surface area (Å²) in [6, 6.07) is -0.0841. The molecule has 1 saturated carbocycles. The van der Waals surface area contributed by atoms with E-state index in [0.717, 1.165) is 0 Å². The van der Waals surface area contributed by atoms with Crippen LogP contribution in [0.25, 0.3) is 0 Å². The average molecular weight is 255 g/mol. The van der Waals surface area contributed by atoms with Gasteiger partial charge in [0.05, 0.1) is 0 Å². The van der Waals surface area contributed by atoms with Crippen LogP contribution in [-0.4, -0.2) is 23.0 Å². The fourth-order valence-corrected chi connectivity index (χ4v) is 2.57. The minimum atomic E-state index is -0.0841. The number of amides is 1. The molecule has 0 aromatic rings. The van der Waals surface area contributed by atoms with Gasteiger partial charge in [-0.25, -0.2) is 0 Å². The second-order valence-electron chi connectivity index (χ2n) is 5.33. The number of hydrogen-bond acceptors (Lipinski definition) is 3. The molecule has 1 fully saturated rings. The van der Waals surface area contributed by atoms with Gasteiger partial charge in [-0.05, 0) is 25.7 Å². The summed E-state index contributed by atoms with van der Waals surface area (Å²) >= 11 is 0. The first-order valence-electron chi connectivity index (χ1n) is 6.87. The summed E-state index contributed by atoms with van der Waals surface area (Å²) in [6.07, 6.45) is 8.43. The zero-order valence-electron chi connectivity index (χ0n) is 11.2. The van der Waals surface area contributed by atoms with Crippen LogP contribution in [0, 0.1) is 5.92 Å². The van der Waals surface area contributed by atoms with E-state index in [1.165, 1.54) is 38.5 Å². The molecule has 0 aliphatic heterocycles. The molecular formula is C13H25N3O2. The predicted octanol–water partition coefficient (Wildman–Crippen LogP) is 1.99. The van der Waals surface area contributed by atoms with E-state index >= 15 is 0 Å². The van der Waals surface area contributed by atoms with E-state index in [0.29, 0.717) is 18.8 Å². The van der Waals surface area contributed by atoms with Gasteiger partial charge < -0.3 is 16.3 Å². The summed E-state index contributed by atoms with van der Waals surface area (Å²) in [5.74, 6) is 0.765. The molecule has 0 bridgehead atoms. The molecule has 1 unspecified atom stereocenters. The molecule has 0 aromatic heterocycles. The van der Waals surface area contributed by atoms with E-state index in [9.17, 15) is 4.79 Å². The van der Waals surface area contributed by atoms with Crippen molar-refractivity contribution in [1.82, 2.24) is 5.32 Å². The largest absolute Gasteiger partial charge is 0.409 e. The van der Waals surface area contributed by atoms with E-state index in [1.54, 1.807) is 0 Å². The number of carbonyl (C=O) groups is 1. The number of hydrogen-bond donors (Lipinski definition) is 3. The number of nitrogens with two attached hydrogens (primary N) is 1. The molecule has 1 aliphatic carbocycles. The fraction of sp³-hybridized carbons (Fsp3) is 0.846. The van der Waals surface area contributed by atoms with Crippen LogP contribution < -0.4 is 11.1 Å². The first-order chi connectivity index (χ1) is 8.61. The van der Waals surface area contributed by atoms with Crippen LogP contribution in [0.15, 0.2) is 5.16 Å². The van der Waals surface area contributed by atoms with Crippen molar-refractivity contribution in [2.24, 2.45) is 16.8 Å². The van der Waals surface area contributed by atoms with Gasteiger partial charge in [-0.15, -0.1) is 0 Å². The second kappa shape index (κ2) is 7.95. The Kier molecular flexibility index (Phi) is 6.54. The average Bonchev–Trinajstić information content (AvgIpc) is 2.57. The van der Waals surface area contributed by atoms with Gasteiger partial charge in [0.1, 0.15) is 5.84 Å². The standard InChI is InChI=1S/C13H25N3O2/c1-10(8-12(14)16-18)15-13(17)9-11-6-4-2-3-5-7-11/h10-11,18H,2-9H2,1H3,(H2,14,16)(H,15,17). The first-order valence-corrected chi connectivity index (χ1v) is 6.87. The van der Waals surface area contributed by atoms with Crippen LogP contribution in [0.2, 0.25) is 0 Å². The molecule has 1 atom stereocenters. The van der Waals surface area contributed by atoms with Crippen molar-refractivity contribution in [2.45, 2.75) is 64.3 Å². The van der Waals surface area contributed by atoms with Gasteiger partial charge in [0.15, 0.2) is 0 Å². The van der Waals surface area contributed by atoms with Gasteiger partial charge in [-0.1, -0.05) is 30.8 Å². The Morgan fingerprint density at radius 1 is 1.39 bits per heavy atom. The van der Waals surface area contributed by atoms with Crippen LogP contribution in [0.3, 0.4) is 0 Å². The topological polar surface area (TPSA) is 87.7 Å². The maximum atomic E-state index is 11.8. The SMILES string of the molecule is CC(CC(N)=NO)NC(=O)CC1CCCCCC1. The van der Waals surface area contributed by atoms with Crippen LogP contribution in [0.5, 0.6) is 0 Å². The Hall–Kier alpha value is -1.26. The monoisotopic (exact) mass is 255 g/mol. The van der Waals surface area contributed by atoms with Gasteiger partial charge in [0.2, 0.25) is 5.91 Å². The molecule has 5 heteroatoms. The Balaban J connectivity index is 2.27. The third kappa shape index (κ3) is 5.89. The zero-order valence-corrected chi connectivity index (χ0v) is 11.2. The van der Waals surface area contributed by atoms with Crippen LogP contribution in [0.1, 0.15) is 58.3 Å². The van der Waals surface area contributed by atoms with E-state index in [2.05, 4.69) is 10.5 Å². The van der Waals surface area contributed by atoms with Crippen molar-refractivity contribution in [3.63, 3.8) is 0 Å². The quantitative estimate of drug-likeness (QED) is 0.231. The maximum Gasteiger partial charge on any atom is 0.220 e. The molecule has 0 saturated heterocycles. The van der Waals surface area contributed by atoms with Gasteiger partial charge in [-0.3, -0.25) is 4.79 Å². The lowest BCUT2D eigenvalue weighted by atomic mass is 9.96. The van der Waals surface area contributed by atoms with Crippen molar-refractivity contribution in [1.29, 1.82) is 0 Å². The smallest absolute Gasteiger partial charge is 0.220 e. The molecular weight excluding hydrogens is 230 g/mol. The molecule has 18 heavy (non-hydrogen) atoms. The minimum absolute atomic E-state index is 0.0835. The zero-order chi connectivity index (χ0) is 13.4. The van der Waals surface area contributed by atoms with Crippen molar-refractivity contribution >= 4 is 11.7 Å². The summed E-state index contributed by atoms with van der Waals surface area (Å²) in [7, 11) is 0. The molecule has 1 amide bonds. The Morgan fingerprint density at radius 2 is 2.00 bits per heavy atom. The maximum absolute atomic E-state index is 11.8. The lowest BCUT2D eigenvalue weighted by molar-refractivity contribution is -0.122. The van der Waals surface area contributed by atoms with Crippen molar-refractivity contribution < 1.29 is 10.0 Å². The van der Waals surface area contributed by atoms with Gasteiger partial charge in [0.25, 0.3) is 0 Å². The molecule has 0 radical (unpaired) electrons. The van der Waals surface area contributed by atoms with E-state index in [-0.39, 0.29) is 17.8 Å². The molecule has 1 rings (SSSR count). The van der Waals surface area contributed by atoms with Crippen molar-refractivity contribution in [2.75, 3.05) is 0 Å². The second-order valence-corrected chi connectivity index (χ2v) is 5.33. The molecule has 4 N–H and O–H groups in total. The molecule has 104 valence electrons. The van der Waals surface area contributed by atoms with Crippen molar-refractivity contribution in [3.8, 4) is 0 Å². The Labute approximate surface area is 109 Å². The Bertz CT molecular complexity index is 284. The molecule has 5 nitrogen and oxygen atoms in total. The molecule has 0 aromatic carbocycles. The molecule has 1 aliphatic rings. The summed E-state index contributed by atoms with van der Waals surface area (Å²) in [6.45, 7) is 1.86. The number of carbonyl (C=O) groups excluding carboxylic acids is 1. The summed E-state index contributed by atoms with van der Waals surface area (Å²) in [5.41, 5.74) is 5.40. The van der Waals surface area contributed by atoms with E-state index in [4.69, 9.17) is 10.9 Å². The summed E-state index contributed by atoms with van der Waals surface area (Å²) in [4.78, 5) is 11.8. The Morgan fingerprint density at radius 3 is 2.56 bits per heavy atom. The lowest BCUT2D eigenvalue weighted by Gasteiger charge is -2.17. The highest BCUT2D eigenvalue weighted by atomic mass is 16.4. The van der Waals surface area contributed by atoms with Crippen LogP contribution >= 0.6 is 0 Å². The number of amidine groups is 1. The van der Waals surface area contributed by atoms with E-state index < -0.39 is 0 Å². The third-order valence-electron chi connectivity index (χ3n) is 3.50. The summed E-state index contributed by atoms with van der Waals surface area (Å²) in [5, 5.41) is 14.3. The summed E-state index contributed by atoms with van der Waals surface area (Å²) < 4.78 is 0. The van der Waals surface area contributed by atoms with Gasteiger partial charge >= 0.3 is 0 Å². The number of oxime groups is 1. The fourth-order valence-electron chi connectivity index (χ4n) is 2.57. The number of rotatable bonds is 5. The van der Waals surface area contributed by atoms with Gasteiger partial charge in [0, 0.05) is 18.9 Å². The first kappa shape index (κ1) is 14.8. The van der Waals surface area contributed by atoms with Crippen molar-refractivity contribution in [3.05, 3.63) is 0 Å². The van der Waals surface area contributed by atoms with Crippen LogP contribution in [-0.2, 0) is 4.79 Å². The van der Waals surface area contributed by atoms with Gasteiger partial charge in [-0.2, -0.15) is 0 Å². The lowest BCUT2D eigenvalue weighted by Crippen LogP contribution is -2.36. The molecule has 0 heterocycles. The van der Waals surface area contributed by atoms with Crippen LogP contribution in [0.4, 0.5) is 0 Å². The predicted molar refractivity (Wildman–Crippen MR) is 71.4 cm³/mol. The highest BCUT2D eigenvalue weighted by molar-refractivity contribution is 5.81. The minimum Gasteiger partial charge on any atom is -0.409 e. The normalized spacial score (nSPS) is 20.2. The number of nitrogens with zero attached hydrogens (tertiary/aromatic N) is 1. The van der Waals surface area contributed by atoms with E-state index in [1.807, 2.05) is 6.92 Å².